The lowest BCUT2D eigenvalue weighted by Crippen LogP contribution is -2.18. The van der Waals surface area contributed by atoms with Crippen LogP contribution in [0.2, 0.25) is 0 Å². The Morgan fingerprint density at radius 1 is 1.38 bits per heavy atom. The third-order valence-electron chi connectivity index (χ3n) is 1.96. The first kappa shape index (κ1) is 7.86. The average Bonchev–Trinajstić information content (AvgIpc) is 2.19. The third-order valence-corrected chi connectivity index (χ3v) is 1.96. The number of aliphatic hydroxyl groups excluding tert-OH is 1. The van der Waals surface area contributed by atoms with Crippen LogP contribution in [0, 0.1) is 0 Å². The molecule has 3 heteroatoms. The molecule has 0 saturated heterocycles. The zero-order chi connectivity index (χ0) is 9.26. The largest absolute Gasteiger partial charge is 0.515 e. The summed E-state index contributed by atoms with van der Waals surface area (Å²) < 4.78 is 5.25. The zero-order valence-electron chi connectivity index (χ0n) is 6.86. The maximum atomic E-state index is 11.5. The summed E-state index contributed by atoms with van der Waals surface area (Å²) in [5.74, 6) is 0.419. The quantitative estimate of drug-likeness (QED) is 0.483. The van der Waals surface area contributed by atoms with Crippen molar-refractivity contribution >= 4 is 5.78 Å². The molecule has 0 radical (unpaired) electrons. The number of hydrogen-bond donors (Lipinski definition) is 1. The molecule has 3 nitrogen and oxygen atoms in total. The average molecular weight is 176 g/mol. The highest BCUT2D eigenvalue weighted by atomic mass is 16.5. The van der Waals surface area contributed by atoms with Crippen molar-refractivity contribution in [3.63, 3.8) is 0 Å². The monoisotopic (exact) mass is 176 g/mol. The molecule has 0 aromatic heterocycles. The molecule has 0 spiro atoms. The van der Waals surface area contributed by atoms with Gasteiger partial charge in [0.05, 0.1) is 17.4 Å². The number of Topliss-reactive ketones (excluding diaryl/α,β-unsaturated/α-hetero) is 1. The first-order chi connectivity index (χ1) is 6.33. The molecule has 0 saturated carbocycles. The Balaban J connectivity index is 2.51. The molecule has 0 aliphatic carbocycles. The van der Waals surface area contributed by atoms with Gasteiger partial charge in [0, 0.05) is 0 Å². The van der Waals surface area contributed by atoms with Crippen molar-refractivity contribution in [3.05, 3.63) is 41.7 Å². The summed E-state index contributed by atoms with van der Waals surface area (Å²) in [5.41, 5.74) is 0.799. The standard InChI is InChI=1S/C10H8O3/c11-5-7-6-13-9-4-2-1-3-8(9)10(7)12/h1-5,11H,6H2/b7-5-. The Hall–Kier alpha value is -1.77. The molecule has 0 fully saturated rings. The Kier molecular flexibility index (Phi) is 1.77. The highest BCUT2D eigenvalue weighted by molar-refractivity contribution is 6.11. The van der Waals surface area contributed by atoms with Gasteiger partial charge in [-0.1, -0.05) is 12.1 Å². The SMILES string of the molecule is O=C1/C(=C\O)COc2ccccc21. The number of ketones is 1. The molecule has 1 N–H and O–H groups in total. The molecule has 13 heavy (non-hydrogen) atoms. The predicted molar refractivity (Wildman–Crippen MR) is 47.0 cm³/mol. The second kappa shape index (κ2) is 2.94. The van der Waals surface area contributed by atoms with E-state index < -0.39 is 0 Å². The number of ether oxygens (including phenoxy) is 1. The Labute approximate surface area is 75.3 Å². The smallest absolute Gasteiger partial charge is 0.199 e. The summed E-state index contributed by atoms with van der Waals surface area (Å²) >= 11 is 0. The second-order valence-corrected chi connectivity index (χ2v) is 2.77. The molecule has 0 atom stereocenters. The topological polar surface area (TPSA) is 46.5 Å². The van der Waals surface area contributed by atoms with Crippen molar-refractivity contribution in [2.45, 2.75) is 0 Å². The van der Waals surface area contributed by atoms with E-state index in [1.807, 2.05) is 0 Å². The fraction of sp³-hybridized carbons (Fsp3) is 0.100. The van der Waals surface area contributed by atoms with E-state index in [4.69, 9.17) is 9.84 Å². The van der Waals surface area contributed by atoms with Crippen LogP contribution < -0.4 is 4.74 Å². The summed E-state index contributed by atoms with van der Waals surface area (Å²) in [6.07, 6.45) is 0.804. The lowest BCUT2D eigenvalue weighted by atomic mass is 10.0. The summed E-state index contributed by atoms with van der Waals surface area (Å²) in [6, 6.07) is 6.99. The molecule has 2 rings (SSSR count). The summed E-state index contributed by atoms with van der Waals surface area (Å²) in [4.78, 5) is 11.5. The minimum atomic E-state index is -0.163. The highest BCUT2D eigenvalue weighted by Gasteiger charge is 2.22. The predicted octanol–water partition coefficient (Wildman–Crippen LogP) is 1.70. The molecule has 66 valence electrons. The lowest BCUT2D eigenvalue weighted by Gasteiger charge is -2.17. The van der Waals surface area contributed by atoms with E-state index in [1.54, 1.807) is 24.3 Å². The van der Waals surface area contributed by atoms with Crippen molar-refractivity contribution in [1.82, 2.24) is 0 Å². The van der Waals surface area contributed by atoms with Crippen LogP contribution in [0.15, 0.2) is 36.1 Å². The first-order valence-electron chi connectivity index (χ1n) is 3.92. The van der Waals surface area contributed by atoms with E-state index in [1.165, 1.54) is 0 Å². The molecule has 1 aliphatic heterocycles. The molecular weight excluding hydrogens is 168 g/mol. The summed E-state index contributed by atoms with van der Waals surface area (Å²) in [7, 11) is 0. The second-order valence-electron chi connectivity index (χ2n) is 2.77. The van der Waals surface area contributed by atoms with Crippen LogP contribution in [-0.4, -0.2) is 17.5 Å². The summed E-state index contributed by atoms with van der Waals surface area (Å²) in [6.45, 7) is 0.145. The van der Waals surface area contributed by atoms with Gasteiger partial charge in [-0.05, 0) is 12.1 Å². The Morgan fingerprint density at radius 2 is 2.15 bits per heavy atom. The lowest BCUT2D eigenvalue weighted by molar-refractivity contribution is 0.0995. The number of fused-ring (bicyclic) bond motifs is 1. The van der Waals surface area contributed by atoms with Crippen molar-refractivity contribution in [2.75, 3.05) is 6.61 Å². The number of carbonyl (C=O) groups excluding carboxylic acids is 1. The number of benzene rings is 1. The molecule has 1 heterocycles. The van der Waals surface area contributed by atoms with Crippen LogP contribution >= 0.6 is 0 Å². The number of hydrogen-bond acceptors (Lipinski definition) is 3. The molecule has 0 amide bonds. The van der Waals surface area contributed by atoms with Gasteiger partial charge >= 0.3 is 0 Å². The normalized spacial score (nSPS) is 18.2. The number of carbonyl (C=O) groups is 1. The molecule has 1 aromatic carbocycles. The number of para-hydroxylation sites is 1. The highest BCUT2D eigenvalue weighted by Crippen LogP contribution is 2.25. The van der Waals surface area contributed by atoms with Gasteiger partial charge in [0.2, 0.25) is 0 Å². The van der Waals surface area contributed by atoms with Gasteiger partial charge in [0.15, 0.2) is 5.78 Å². The van der Waals surface area contributed by atoms with E-state index in [-0.39, 0.29) is 12.4 Å². The van der Waals surface area contributed by atoms with Crippen LogP contribution in [0.1, 0.15) is 10.4 Å². The van der Waals surface area contributed by atoms with Gasteiger partial charge in [-0.25, -0.2) is 0 Å². The van der Waals surface area contributed by atoms with Crippen LogP contribution in [0.25, 0.3) is 0 Å². The van der Waals surface area contributed by atoms with Crippen molar-refractivity contribution in [2.24, 2.45) is 0 Å². The fourth-order valence-electron chi connectivity index (χ4n) is 1.27. The maximum absolute atomic E-state index is 11.5. The Bertz CT molecular complexity index is 380. The molecular formula is C10H8O3. The molecule has 0 bridgehead atoms. The molecule has 0 unspecified atom stereocenters. The van der Waals surface area contributed by atoms with Crippen LogP contribution in [0.5, 0.6) is 5.75 Å². The Morgan fingerprint density at radius 3 is 2.92 bits per heavy atom. The minimum absolute atomic E-state index is 0.145. The van der Waals surface area contributed by atoms with Gasteiger partial charge in [0.25, 0.3) is 0 Å². The zero-order valence-corrected chi connectivity index (χ0v) is 6.86. The van der Waals surface area contributed by atoms with E-state index in [2.05, 4.69) is 0 Å². The number of aliphatic hydroxyl groups is 1. The van der Waals surface area contributed by atoms with Gasteiger partial charge in [-0.3, -0.25) is 4.79 Å². The molecule has 1 aliphatic rings. The summed E-state index contributed by atoms with van der Waals surface area (Å²) in [5, 5.41) is 8.72. The van der Waals surface area contributed by atoms with Crippen molar-refractivity contribution in [3.8, 4) is 5.75 Å². The fourth-order valence-corrected chi connectivity index (χ4v) is 1.27. The van der Waals surface area contributed by atoms with Crippen molar-refractivity contribution < 1.29 is 14.6 Å². The van der Waals surface area contributed by atoms with Crippen LogP contribution in [-0.2, 0) is 0 Å². The maximum Gasteiger partial charge on any atom is 0.199 e. The van der Waals surface area contributed by atoms with E-state index >= 15 is 0 Å². The van der Waals surface area contributed by atoms with E-state index in [0.29, 0.717) is 16.9 Å². The van der Waals surface area contributed by atoms with Crippen molar-refractivity contribution in [1.29, 1.82) is 0 Å². The first-order valence-corrected chi connectivity index (χ1v) is 3.92. The van der Waals surface area contributed by atoms with Gasteiger partial charge in [-0.15, -0.1) is 0 Å². The minimum Gasteiger partial charge on any atom is -0.515 e. The van der Waals surface area contributed by atoms with Gasteiger partial charge < -0.3 is 9.84 Å². The van der Waals surface area contributed by atoms with E-state index in [0.717, 1.165) is 6.26 Å². The number of rotatable bonds is 0. The molecule has 1 aromatic rings. The van der Waals surface area contributed by atoms with Gasteiger partial charge in [0.1, 0.15) is 12.4 Å². The van der Waals surface area contributed by atoms with E-state index in [9.17, 15) is 4.79 Å². The van der Waals surface area contributed by atoms with Gasteiger partial charge in [-0.2, -0.15) is 0 Å². The van der Waals surface area contributed by atoms with Crippen LogP contribution in [0.4, 0.5) is 0 Å². The van der Waals surface area contributed by atoms with Crippen LogP contribution in [0.3, 0.4) is 0 Å². The third kappa shape index (κ3) is 1.18.